The molecule has 12 heteroatoms. The van der Waals surface area contributed by atoms with Gasteiger partial charge in [-0.05, 0) is 63.2 Å². The topological polar surface area (TPSA) is 169 Å². The number of aliphatic hydroxyl groups is 2. The SMILES string of the molecule is CC(C)(C)OC(=O)n1c(N)nc2cc(NC(=O)[C@@H](O)[C@H](O)C(=O)Nc3ccc(F)cc3)ccc21. The first-order valence-electron chi connectivity index (χ1n) is 10.1. The minimum Gasteiger partial charge on any atom is -0.443 e. The third-order valence-electron chi connectivity index (χ3n) is 4.47. The summed E-state index contributed by atoms with van der Waals surface area (Å²) >= 11 is 0. The van der Waals surface area contributed by atoms with Crippen LogP contribution in [-0.4, -0.2) is 55.5 Å². The van der Waals surface area contributed by atoms with Gasteiger partial charge < -0.3 is 31.3 Å². The predicted octanol–water partition coefficient (Wildman–Crippen LogP) is 1.84. The molecule has 2 amide bonds. The van der Waals surface area contributed by atoms with Gasteiger partial charge in [0, 0.05) is 11.4 Å². The summed E-state index contributed by atoms with van der Waals surface area (Å²) in [5, 5.41) is 24.7. The number of aromatic nitrogens is 2. The number of rotatable bonds is 5. The Morgan fingerprint density at radius 3 is 2.09 bits per heavy atom. The van der Waals surface area contributed by atoms with E-state index in [0.717, 1.165) is 16.7 Å². The van der Waals surface area contributed by atoms with Crippen LogP contribution < -0.4 is 16.4 Å². The molecule has 0 aliphatic heterocycles. The van der Waals surface area contributed by atoms with Gasteiger partial charge in [0.2, 0.25) is 5.95 Å². The molecule has 180 valence electrons. The Labute approximate surface area is 193 Å². The molecule has 3 rings (SSSR count). The quantitative estimate of drug-likeness (QED) is 0.374. The van der Waals surface area contributed by atoms with Crippen LogP contribution in [0.1, 0.15) is 20.8 Å². The zero-order valence-electron chi connectivity index (χ0n) is 18.6. The average molecular weight is 473 g/mol. The highest BCUT2D eigenvalue weighted by Crippen LogP contribution is 2.23. The van der Waals surface area contributed by atoms with Gasteiger partial charge in [0.05, 0.1) is 11.0 Å². The second kappa shape index (κ2) is 9.45. The molecule has 2 aromatic carbocycles. The minimum absolute atomic E-state index is 0.124. The maximum absolute atomic E-state index is 13.0. The average Bonchev–Trinajstić information content (AvgIpc) is 3.08. The number of anilines is 3. The van der Waals surface area contributed by atoms with E-state index >= 15 is 0 Å². The fraction of sp³-hybridized carbons (Fsp3) is 0.273. The van der Waals surface area contributed by atoms with Crippen LogP contribution in [0.2, 0.25) is 0 Å². The Hall–Kier alpha value is -4.03. The van der Waals surface area contributed by atoms with E-state index in [4.69, 9.17) is 10.5 Å². The molecule has 11 nitrogen and oxygen atoms in total. The molecule has 34 heavy (non-hydrogen) atoms. The Morgan fingerprint density at radius 2 is 1.53 bits per heavy atom. The Balaban J connectivity index is 1.70. The molecule has 1 heterocycles. The highest BCUT2D eigenvalue weighted by atomic mass is 19.1. The van der Waals surface area contributed by atoms with Crippen molar-refractivity contribution < 1.29 is 33.7 Å². The zero-order chi connectivity index (χ0) is 25.2. The van der Waals surface area contributed by atoms with Gasteiger partial charge in [0.25, 0.3) is 11.8 Å². The van der Waals surface area contributed by atoms with E-state index in [2.05, 4.69) is 15.6 Å². The largest absolute Gasteiger partial charge is 0.443 e. The van der Waals surface area contributed by atoms with Crippen LogP contribution in [-0.2, 0) is 14.3 Å². The van der Waals surface area contributed by atoms with Gasteiger partial charge in [0.1, 0.15) is 11.4 Å². The summed E-state index contributed by atoms with van der Waals surface area (Å²) in [7, 11) is 0. The fourth-order valence-electron chi connectivity index (χ4n) is 2.93. The lowest BCUT2D eigenvalue weighted by Crippen LogP contribution is -2.45. The Kier molecular flexibility index (Phi) is 6.84. The normalized spacial score (nSPS) is 13.2. The number of fused-ring (bicyclic) bond motifs is 1. The molecule has 0 unspecified atom stereocenters. The van der Waals surface area contributed by atoms with E-state index in [1.54, 1.807) is 20.8 Å². The van der Waals surface area contributed by atoms with E-state index in [9.17, 15) is 29.0 Å². The monoisotopic (exact) mass is 473 g/mol. The van der Waals surface area contributed by atoms with E-state index < -0.39 is 41.5 Å². The first-order chi connectivity index (χ1) is 15.9. The van der Waals surface area contributed by atoms with Gasteiger partial charge in [-0.2, -0.15) is 0 Å². The van der Waals surface area contributed by atoms with Crippen LogP contribution >= 0.6 is 0 Å². The molecule has 0 saturated heterocycles. The molecular formula is C22H24FN5O6. The van der Waals surface area contributed by atoms with Gasteiger partial charge in [0.15, 0.2) is 12.2 Å². The number of nitrogens with zero attached hydrogens (tertiary/aromatic N) is 2. The van der Waals surface area contributed by atoms with Gasteiger partial charge in [-0.15, -0.1) is 0 Å². The summed E-state index contributed by atoms with van der Waals surface area (Å²) in [6.45, 7) is 5.11. The number of carbonyl (C=O) groups excluding carboxylic acids is 3. The third kappa shape index (κ3) is 5.66. The highest BCUT2D eigenvalue weighted by molar-refractivity contribution is 6.03. The molecule has 6 N–H and O–H groups in total. The van der Waals surface area contributed by atoms with Gasteiger partial charge in [-0.1, -0.05) is 0 Å². The van der Waals surface area contributed by atoms with Crippen molar-refractivity contribution in [3.8, 4) is 0 Å². The molecule has 0 aliphatic carbocycles. The fourth-order valence-corrected chi connectivity index (χ4v) is 2.93. The molecule has 0 bridgehead atoms. The number of halogens is 1. The molecule has 2 atom stereocenters. The zero-order valence-corrected chi connectivity index (χ0v) is 18.6. The van der Waals surface area contributed by atoms with Crippen LogP contribution in [0.15, 0.2) is 42.5 Å². The number of ether oxygens (including phenoxy) is 1. The number of nitrogens with one attached hydrogen (secondary N) is 2. The van der Waals surface area contributed by atoms with Crippen molar-refractivity contribution >= 4 is 46.3 Å². The van der Waals surface area contributed by atoms with Gasteiger partial charge in [-0.3, -0.25) is 9.59 Å². The van der Waals surface area contributed by atoms with Crippen molar-refractivity contribution in [3.63, 3.8) is 0 Å². The van der Waals surface area contributed by atoms with Crippen LogP contribution in [0.4, 0.5) is 26.5 Å². The van der Waals surface area contributed by atoms with E-state index in [-0.39, 0.29) is 22.8 Å². The maximum Gasteiger partial charge on any atom is 0.421 e. The predicted molar refractivity (Wildman–Crippen MR) is 121 cm³/mol. The number of hydrogen-bond donors (Lipinski definition) is 5. The number of benzene rings is 2. The van der Waals surface area contributed by atoms with Gasteiger partial charge >= 0.3 is 6.09 Å². The molecule has 0 saturated carbocycles. The first kappa shape index (κ1) is 24.6. The van der Waals surface area contributed by atoms with E-state index in [0.29, 0.717) is 5.52 Å². The molecule has 1 aromatic heterocycles. The van der Waals surface area contributed by atoms with Crippen molar-refractivity contribution in [1.29, 1.82) is 0 Å². The summed E-state index contributed by atoms with van der Waals surface area (Å²) in [5.41, 5.74) is 6.00. The summed E-state index contributed by atoms with van der Waals surface area (Å²) in [5.74, 6) is -2.78. The smallest absolute Gasteiger partial charge is 0.421 e. The van der Waals surface area contributed by atoms with Crippen molar-refractivity contribution in [1.82, 2.24) is 9.55 Å². The van der Waals surface area contributed by atoms with Crippen molar-refractivity contribution in [2.75, 3.05) is 16.4 Å². The first-order valence-corrected chi connectivity index (χ1v) is 10.1. The lowest BCUT2D eigenvalue weighted by molar-refractivity contribution is -0.139. The van der Waals surface area contributed by atoms with Gasteiger partial charge in [-0.25, -0.2) is 18.7 Å². The lowest BCUT2D eigenvalue weighted by Gasteiger charge is -2.20. The maximum atomic E-state index is 13.0. The molecule has 0 fully saturated rings. The van der Waals surface area contributed by atoms with Crippen molar-refractivity contribution in [3.05, 3.63) is 48.3 Å². The van der Waals surface area contributed by atoms with Crippen LogP contribution in [0.3, 0.4) is 0 Å². The number of aliphatic hydroxyl groups excluding tert-OH is 2. The van der Waals surface area contributed by atoms with Crippen molar-refractivity contribution in [2.24, 2.45) is 0 Å². The lowest BCUT2D eigenvalue weighted by atomic mass is 10.1. The number of nitrogens with two attached hydrogens (primary N) is 1. The van der Waals surface area contributed by atoms with Crippen LogP contribution in [0, 0.1) is 5.82 Å². The molecule has 3 aromatic rings. The molecule has 0 spiro atoms. The number of nitrogen functional groups attached to an aromatic ring is 1. The second-order valence-corrected chi connectivity index (χ2v) is 8.36. The Morgan fingerprint density at radius 1 is 1.00 bits per heavy atom. The second-order valence-electron chi connectivity index (χ2n) is 8.36. The highest BCUT2D eigenvalue weighted by Gasteiger charge is 2.31. The van der Waals surface area contributed by atoms with E-state index in [1.165, 1.54) is 30.3 Å². The molecule has 0 radical (unpaired) electrons. The summed E-state index contributed by atoms with van der Waals surface area (Å²) in [6, 6.07) is 8.97. The number of imidazole rings is 1. The molecule has 0 aliphatic rings. The molecular weight excluding hydrogens is 449 g/mol. The number of hydrogen-bond acceptors (Lipinski definition) is 8. The Bertz CT molecular complexity index is 1240. The van der Waals surface area contributed by atoms with Crippen LogP contribution in [0.25, 0.3) is 11.0 Å². The number of carbonyl (C=O) groups is 3. The minimum atomic E-state index is -2.11. The third-order valence-corrected chi connectivity index (χ3v) is 4.47. The summed E-state index contributed by atoms with van der Waals surface area (Å²) < 4.78 is 19.3. The number of amides is 2. The van der Waals surface area contributed by atoms with Crippen LogP contribution in [0.5, 0.6) is 0 Å². The summed E-state index contributed by atoms with van der Waals surface area (Å²) in [4.78, 5) is 41.0. The summed E-state index contributed by atoms with van der Waals surface area (Å²) in [6.07, 6.45) is -4.94. The standard InChI is InChI=1S/C22H24FN5O6/c1-22(2,3)34-21(33)28-15-9-8-13(10-14(15)27-20(28)24)26-19(32)17(30)16(29)18(31)25-12-6-4-11(23)5-7-12/h4-10,16-17,29-30H,1-3H3,(H2,24,27)(H,25,31)(H,26,32)/t16-,17-/m0/s1. The van der Waals surface area contributed by atoms with Crippen molar-refractivity contribution in [2.45, 2.75) is 38.6 Å². The van der Waals surface area contributed by atoms with E-state index in [1.807, 2.05) is 0 Å².